The highest BCUT2D eigenvalue weighted by atomic mass is 16.5. The number of carbonyl (C=O) groups is 1. The van der Waals surface area contributed by atoms with Gasteiger partial charge in [-0.2, -0.15) is 0 Å². The van der Waals surface area contributed by atoms with Crippen LogP contribution in [0.4, 0.5) is 0 Å². The van der Waals surface area contributed by atoms with Crippen LogP contribution in [0.2, 0.25) is 0 Å². The number of hydrogen-bond donors (Lipinski definition) is 1. The summed E-state index contributed by atoms with van der Waals surface area (Å²) < 4.78 is 5.91. The molecule has 0 atom stereocenters. The Labute approximate surface area is 134 Å². The summed E-state index contributed by atoms with van der Waals surface area (Å²) in [7, 11) is 0. The number of para-hydroxylation sites is 1. The van der Waals surface area contributed by atoms with E-state index in [2.05, 4.69) is 4.98 Å². The van der Waals surface area contributed by atoms with Gasteiger partial charge in [-0.1, -0.05) is 48.5 Å². The van der Waals surface area contributed by atoms with E-state index in [-0.39, 0.29) is 0 Å². The van der Waals surface area contributed by atoms with Crippen molar-refractivity contribution in [3.8, 4) is 5.75 Å². The first-order valence-corrected chi connectivity index (χ1v) is 7.26. The molecule has 0 fully saturated rings. The Morgan fingerprint density at radius 1 is 1.04 bits per heavy atom. The second kappa shape index (κ2) is 6.75. The van der Waals surface area contributed by atoms with Crippen LogP contribution in [0.3, 0.4) is 0 Å². The highest BCUT2D eigenvalue weighted by Gasteiger charge is 2.05. The number of primary amides is 1. The lowest BCUT2D eigenvalue weighted by atomic mass is 10.2. The summed E-state index contributed by atoms with van der Waals surface area (Å²) in [4.78, 5) is 15.4. The minimum Gasteiger partial charge on any atom is -0.487 e. The zero-order valence-electron chi connectivity index (χ0n) is 12.5. The summed E-state index contributed by atoms with van der Waals surface area (Å²) in [5.74, 6) is 0.209. The van der Waals surface area contributed by atoms with Crippen molar-refractivity contribution < 1.29 is 9.53 Å². The van der Waals surface area contributed by atoms with E-state index in [1.54, 1.807) is 6.08 Å². The van der Waals surface area contributed by atoms with E-state index in [9.17, 15) is 4.79 Å². The normalized spacial score (nSPS) is 11.0. The molecule has 4 heteroatoms. The molecule has 0 radical (unpaired) electrons. The van der Waals surface area contributed by atoms with Crippen molar-refractivity contribution in [3.05, 3.63) is 78.0 Å². The van der Waals surface area contributed by atoms with Gasteiger partial charge in [0.25, 0.3) is 0 Å². The largest absolute Gasteiger partial charge is 0.487 e. The molecule has 0 unspecified atom stereocenters. The molecule has 1 heterocycles. The molecular weight excluding hydrogens is 288 g/mol. The third-order valence-corrected chi connectivity index (χ3v) is 3.36. The van der Waals surface area contributed by atoms with Crippen molar-refractivity contribution in [2.75, 3.05) is 0 Å². The van der Waals surface area contributed by atoms with Crippen molar-refractivity contribution in [2.45, 2.75) is 6.61 Å². The number of ether oxygens (including phenoxy) is 1. The lowest BCUT2D eigenvalue weighted by Crippen LogP contribution is -2.05. The van der Waals surface area contributed by atoms with Gasteiger partial charge in [-0.25, -0.2) is 4.98 Å². The van der Waals surface area contributed by atoms with Gasteiger partial charge in [0, 0.05) is 11.5 Å². The van der Waals surface area contributed by atoms with Crippen LogP contribution in [0.25, 0.3) is 17.0 Å². The van der Waals surface area contributed by atoms with Gasteiger partial charge in [0.1, 0.15) is 17.9 Å². The number of hydrogen-bond acceptors (Lipinski definition) is 3. The van der Waals surface area contributed by atoms with Crippen LogP contribution in [-0.4, -0.2) is 10.9 Å². The van der Waals surface area contributed by atoms with Crippen molar-refractivity contribution in [2.24, 2.45) is 5.73 Å². The molecule has 4 nitrogen and oxygen atoms in total. The van der Waals surface area contributed by atoms with Crippen molar-refractivity contribution >= 4 is 22.9 Å². The first-order valence-electron chi connectivity index (χ1n) is 7.26. The van der Waals surface area contributed by atoms with Crippen LogP contribution in [0.15, 0.2) is 66.7 Å². The number of benzene rings is 2. The third-order valence-electron chi connectivity index (χ3n) is 3.36. The lowest BCUT2D eigenvalue weighted by Gasteiger charge is -2.09. The van der Waals surface area contributed by atoms with Crippen LogP contribution >= 0.6 is 0 Å². The van der Waals surface area contributed by atoms with E-state index < -0.39 is 5.91 Å². The van der Waals surface area contributed by atoms with Gasteiger partial charge < -0.3 is 10.5 Å². The smallest absolute Gasteiger partial charge is 0.241 e. The fraction of sp³-hybridized carbons (Fsp3) is 0.0526. The van der Waals surface area contributed by atoms with E-state index in [4.69, 9.17) is 10.5 Å². The quantitative estimate of drug-likeness (QED) is 0.735. The third kappa shape index (κ3) is 3.74. The maximum atomic E-state index is 10.8. The van der Waals surface area contributed by atoms with Crippen molar-refractivity contribution in [3.63, 3.8) is 0 Å². The molecule has 0 saturated heterocycles. The Morgan fingerprint density at radius 2 is 1.87 bits per heavy atom. The van der Waals surface area contributed by atoms with E-state index in [0.29, 0.717) is 18.1 Å². The highest BCUT2D eigenvalue weighted by Crippen LogP contribution is 2.25. The van der Waals surface area contributed by atoms with E-state index in [1.165, 1.54) is 6.08 Å². The number of pyridine rings is 1. The molecule has 0 aliphatic carbocycles. The molecule has 2 aromatic carbocycles. The van der Waals surface area contributed by atoms with Crippen LogP contribution in [0, 0.1) is 0 Å². The van der Waals surface area contributed by atoms with Crippen molar-refractivity contribution in [1.82, 2.24) is 4.98 Å². The number of nitrogens with two attached hydrogens (primary N) is 1. The molecule has 0 aliphatic heterocycles. The molecule has 0 aliphatic rings. The summed E-state index contributed by atoms with van der Waals surface area (Å²) >= 11 is 0. The molecule has 0 saturated carbocycles. The Morgan fingerprint density at radius 3 is 2.65 bits per heavy atom. The van der Waals surface area contributed by atoms with Gasteiger partial charge >= 0.3 is 0 Å². The SMILES string of the molecule is NC(=O)/C=C\c1ccc2cccc(OCc3ccccc3)c2n1. The van der Waals surface area contributed by atoms with Gasteiger partial charge in [0.2, 0.25) is 5.91 Å². The summed E-state index contributed by atoms with van der Waals surface area (Å²) in [6.45, 7) is 0.475. The first-order chi connectivity index (χ1) is 11.2. The van der Waals surface area contributed by atoms with Crippen LogP contribution in [0.1, 0.15) is 11.3 Å². The van der Waals surface area contributed by atoms with Gasteiger partial charge in [0.05, 0.1) is 5.69 Å². The number of fused-ring (bicyclic) bond motifs is 1. The first kappa shape index (κ1) is 14.8. The molecule has 114 valence electrons. The number of nitrogens with zero attached hydrogens (tertiary/aromatic N) is 1. The van der Waals surface area contributed by atoms with Gasteiger partial charge in [-0.15, -0.1) is 0 Å². The van der Waals surface area contributed by atoms with Gasteiger partial charge in [-0.05, 0) is 23.8 Å². The average Bonchev–Trinajstić information content (AvgIpc) is 2.59. The predicted octanol–water partition coefficient (Wildman–Crippen LogP) is 3.31. The maximum Gasteiger partial charge on any atom is 0.241 e. The monoisotopic (exact) mass is 304 g/mol. The summed E-state index contributed by atoms with van der Waals surface area (Å²) in [5, 5.41) is 0.979. The van der Waals surface area contributed by atoms with E-state index >= 15 is 0 Å². The molecule has 0 spiro atoms. The van der Waals surface area contributed by atoms with Crippen LogP contribution < -0.4 is 10.5 Å². The molecule has 3 rings (SSSR count). The topological polar surface area (TPSA) is 65.2 Å². The molecular formula is C19H16N2O2. The summed E-state index contributed by atoms with van der Waals surface area (Å²) in [6.07, 6.45) is 2.89. The summed E-state index contributed by atoms with van der Waals surface area (Å²) in [5.41, 5.74) is 7.63. The summed E-state index contributed by atoms with van der Waals surface area (Å²) in [6, 6.07) is 19.5. The molecule has 3 aromatic rings. The molecule has 1 amide bonds. The van der Waals surface area contributed by atoms with Crippen LogP contribution in [-0.2, 0) is 11.4 Å². The maximum absolute atomic E-state index is 10.8. The Balaban J connectivity index is 1.89. The number of rotatable bonds is 5. The predicted molar refractivity (Wildman–Crippen MR) is 90.7 cm³/mol. The van der Waals surface area contributed by atoms with E-state index in [0.717, 1.165) is 16.5 Å². The standard InChI is InChI=1S/C19H16N2O2/c20-18(22)12-11-16-10-9-15-7-4-8-17(19(15)21-16)23-13-14-5-2-1-3-6-14/h1-12H,13H2,(H2,20,22)/b12-11-. The van der Waals surface area contributed by atoms with Crippen molar-refractivity contribution in [1.29, 1.82) is 0 Å². The number of carbonyl (C=O) groups excluding carboxylic acids is 1. The zero-order valence-corrected chi connectivity index (χ0v) is 12.5. The lowest BCUT2D eigenvalue weighted by molar-refractivity contribution is -0.113. The molecule has 1 aromatic heterocycles. The fourth-order valence-corrected chi connectivity index (χ4v) is 2.25. The fourth-order valence-electron chi connectivity index (χ4n) is 2.25. The van der Waals surface area contributed by atoms with Gasteiger partial charge in [0.15, 0.2) is 0 Å². The molecule has 23 heavy (non-hydrogen) atoms. The second-order valence-corrected chi connectivity index (χ2v) is 5.07. The number of aromatic nitrogens is 1. The Hall–Kier alpha value is -3.14. The van der Waals surface area contributed by atoms with E-state index in [1.807, 2.05) is 60.7 Å². The Bertz CT molecular complexity index is 858. The Kier molecular flexibility index (Phi) is 4.34. The zero-order chi connectivity index (χ0) is 16.1. The minimum atomic E-state index is -0.500. The van der Waals surface area contributed by atoms with Crippen LogP contribution in [0.5, 0.6) is 5.75 Å². The molecule has 2 N–H and O–H groups in total. The second-order valence-electron chi connectivity index (χ2n) is 5.07. The minimum absolute atomic E-state index is 0.475. The molecule has 0 bridgehead atoms. The number of amides is 1. The highest BCUT2D eigenvalue weighted by molar-refractivity contribution is 5.91. The van der Waals surface area contributed by atoms with Gasteiger partial charge in [-0.3, -0.25) is 4.79 Å². The average molecular weight is 304 g/mol.